The molecule has 1 aliphatic heterocycles. The lowest BCUT2D eigenvalue weighted by molar-refractivity contribution is 0.0665. The quantitative estimate of drug-likeness (QED) is 0.739. The van der Waals surface area contributed by atoms with E-state index in [2.05, 4.69) is 15.0 Å². The van der Waals surface area contributed by atoms with Crippen molar-refractivity contribution >= 4 is 5.91 Å². The number of hydrogen-bond donors (Lipinski definition) is 1. The number of benzene rings is 1. The van der Waals surface area contributed by atoms with Gasteiger partial charge in [-0.2, -0.15) is 0 Å². The molecule has 1 saturated heterocycles. The molecule has 1 fully saturated rings. The van der Waals surface area contributed by atoms with Gasteiger partial charge in [0, 0.05) is 49.0 Å². The Balaban J connectivity index is 1.47. The Morgan fingerprint density at radius 2 is 1.66 bits per heavy atom. The van der Waals surface area contributed by atoms with Crippen molar-refractivity contribution in [3.8, 4) is 11.3 Å². The van der Waals surface area contributed by atoms with Crippen molar-refractivity contribution in [1.82, 2.24) is 19.9 Å². The molecule has 4 rings (SSSR count). The van der Waals surface area contributed by atoms with Crippen molar-refractivity contribution in [3.63, 3.8) is 0 Å². The lowest BCUT2D eigenvalue weighted by atomic mass is 9.83. The van der Waals surface area contributed by atoms with Gasteiger partial charge in [-0.1, -0.05) is 12.1 Å². The molecule has 0 aliphatic carbocycles. The molecule has 1 amide bonds. The maximum atomic E-state index is 13.1. The first-order valence-electron chi connectivity index (χ1n) is 9.58. The number of hydrogen-bond acceptors (Lipinski definition) is 5. The van der Waals surface area contributed by atoms with Crippen LogP contribution in [0.3, 0.4) is 0 Å². The molecule has 2 aromatic heterocycles. The number of pyridine rings is 1. The maximum absolute atomic E-state index is 13.1. The highest BCUT2D eigenvalue weighted by Crippen LogP contribution is 2.27. The Morgan fingerprint density at radius 3 is 2.34 bits per heavy atom. The second kappa shape index (κ2) is 8.05. The van der Waals surface area contributed by atoms with Crippen LogP contribution in [0.1, 0.15) is 28.9 Å². The molecule has 29 heavy (non-hydrogen) atoms. The third kappa shape index (κ3) is 4.30. The normalized spacial score (nSPS) is 15.9. The van der Waals surface area contributed by atoms with Crippen LogP contribution in [-0.2, 0) is 6.42 Å². The Labute approximate surface area is 168 Å². The van der Waals surface area contributed by atoms with E-state index in [-0.39, 0.29) is 11.7 Å². The molecule has 3 heterocycles. The zero-order valence-corrected chi connectivity index (χ0v) is 16.0. The minimum atomic E-state index is -0.412. The molecule has 0 atom stereocenters. The zero-order chi connectivity index (χ0) is 20.3. The van der Waals surface area contributed by atoms with Gasteiger partial charge in [0.25, 0.3) is 5.91 Å². The summed E-state index contributed by atoms with van der Waals surface area (Å²) >= 11 is 0. The Kier molecular flexibility index (Phi) is 5.31. The SMILES string of the molecule is NC1(Cc2ccc(F)cc2)CCN(C(=O)c2nccnc2-c2ccncc2)CC1. The van der Waals surface area contributed by atoms with Gasteiger partial charge in [0.2, 0.25) is 0 Å². The highest BCUT2D eigenvalue weighted by Gasteiger charge is 2.34. The van der Waals surface area contributed by atoms with Crippen molar-refractivity contribution in [1.29, 1.82) is 0 Å². The Hall–Kier alpha value is -3.19. The summed E-state index contributed by atoms with van der Waals surface area (Å²) in [5, 5.41) is 0. The minimum absolute atomic E-state index is 0.145. The summed E-state index contributed by atoms with van der Waals surface area (Å²) in [5.74, 6) is -0.400. The number of carbonyl (C=O) groups excluding carboxylic acids is 1. The van der Waals surface area contributed by atoms with Crippen molar-refractivity contribution in [2.75, 3.05) is 13.1 Å². The van der Waals surface area contributed by atoms with Crippen LogP contribution in [0.15, 0.2) is 61.2 Å². The third-order valence-electron chi connectivity index (χ3n) is 5.37. The Morgan fingerprint density at radius 1 is 1.00 bits per heavy atom. The number of halogens is 1. The molecule has 0 bridgehead atoms. The summed E-state index contributed by atoms with van der Waals surface area (Å²) in [7, 11) is 0. The van der Waals surface area contributed by atoms with E-state index < -0.39 is 5.54 Å². The average Bonchev–Trinajstić information content (AvgIpc) is 2.76. The molecule has 0 saturated carbocycles. The third-order valence-corrected chi connectivity index (χ3v) is 5.37. The van der Waals surface area contributed by atoms with E-state index in [9.17, 15) is 9.18 Å². The molecule has 1 aliphatic rings. The molecular formula is C22H22FN5O. The minimum Gasteiger partial charge on any atom is -0.337 e. The van der Waals surface area contributed by atoms with E-state index in [4.69, 9.17) is 5.73 Å². The van der Waals surface area contributed by atoms with E-state index in [1.165, 1.54) is 18.3 Å². The van der Waals surface area contributed by atoms with Crippen molar-refractivity contribution in [2.45, 2.75) is 24.8 Å². The number of likely N-dealkylation sites (tertiary alicyclic amines) is 1. The first-order valence-corrected chi connectivity index (χ1v) is 9.58. The molecule has 6 nitrogen and oxygen atoms in total. The second-order valence-corrected chi connectivity index (χ2v) is 7.45. The van der Waals surface area contributed by atoms with E-state index >= 15 is 0 Å². The number of amides is 1. The van der Waals surface area contributed by atoms with E-state index in [0.717, 1.165) is 11.1 Å². The summed E-state index contributed by atoms with van der Waals surface area (Å²) in [6, 6.07) is 10.1. The van der Waals surface area contributed by atoms with Gasteiger partial charge in [0.15, 0.2) is 5.69 Å². The zero-order valence-electron chi connectivity index (χ0n) is 16.0. The summed E-state index contributed by atoms with van der Waals surface area (Å²) in [6.45, 7) is 1.09. The van der Waals surface area contributed by atoms with Crippen LogP contribution in [0, 0.1) is 5.82 Å². The van der Waals surface area contributed by atoms with Gasteiger partial charge in [-0.25, -0.2) is 9.37 Å². The highest BCUT2D eigenvalue weighted by molar-refractivity contribution is 5.98. The standard InChI is InChI=1S/C22H22FN5O/c23-18-3-1-16(2-4-18)15-22(24)7-13-28(14-8-22)21(29)20-19(26-11-12-27-20)17-5-9-25-10-6-17/h1-6,9-12H,7-8,13-15,24H2. The van der Waals surface area contributed by atoms with Gasteiger partial charge < -0.3 is 10.6 Å². The molecule has 1 aromatic carbocycles. The average molecular weight is 391 g/mol. The smallest absolute Gasteiger partial charge is 0.274 e. The van der Waals surface area contributed by atoms with Gasteiger partial charge in [0.05, 0.1) is 0 Å². The molecule has 148 valence electrons. The van der Waals surface area contributed by atoms with Crippen LogP contribution in [0.4, 0.5) is 4.39 Å². The number of nitrogens with two attached hydrogens (primary N) is 1. The van der Waals surface area contributed by atoms with Crippen molar-refractivity contribution in [2.24, 2.45) is 5.73 Å². The van der Waals surface area contributed by atoms with Crippen LogP contribution in [-0.4, -0.2) is 44.4 Å². The summed E-state index contributed by atoms with van der Waals surface area (Å²) in [6.07, 6.45) is 8.43. The fourth-order valence-electron chi connectivity index (χ4n) is 3.71. The highest BCUT2D eigenvalue weighted by atomic mass is 19.1. The summed E-state index contributed by atoms with van der Waals surface area (Å²) < 4.78 is 13.1. The van der Waals surface area contributed by atoms with Crippen LogP contribution < -0.4 is 5.73 Å². The number of nitrogens with zero attached hydrogens (tertiary/aromatic N) is 4. The molecule has 0 radical (unpaired) electrons. The first kappa shape index (κ1) is 19.1. The maximum Gasteiger partial charge on any atom is 0.274 e. The van der Waals surface area contributed by atoms with Gasteiger partial charge in [-0.05, 0) is 49.1 Å². The van der Waals surface area contributed by atoms with Gasteiger partial charge >= 0.3 is 0 Å². The van der Waals surface area contributed by atoms with Crippen LogP contribution in [0.25, 0.3) is 11.3 Å². The largest absolute Gasteiger partial charge is 0.337 e. The molecular weight excluding hydrogens is 369 g/mol. The predicted octanol–water partition coefficient (Wildman–Crippen LogP) is 2.85. The van der Waals surface area contributed by atoms with Crippen molar-refractivity contribution < 1.29 is 9.18 Å². The number of carbonyl (C=O) groups is 1. The van der Waals surface area contributed by atoms with Crippen LogP contribution >= 0.6 is 0 Å². The topological polar surface area (TPSA) is 85.0 Å². The molecule has 0 unspecified atom stereocenters. The Bertz CT molecular complexity index is 986. The first-order chi connectivity index (χ1) is 14.0. The van der Waals surface area contributed by atoms with Crippen LogP contribution in [0.5, 0.6) is 0 Å². The number of aromatic nitrogens is 3. The predicted molar refractivity (Wildman–Crippen MR) is 107 cm³/mol. The molecule has 0 spiro atoms. The van der Waals surface area contributed by atoms with E-state index in [1.54, 1.807) is 35.6 Å². The van der Waals surface area contributed by atoms with Gasteiger partial charge in [-0.15, -0.1) is 0 Å². The van der Waals surface area contributed by atoms with Gasteiger partial charge in [-0.3, -0.25) is 14.8 Å². The molecule has 3 aromatic rings. The fourth-order valence-corrected chi connectivity index (χ4v) is 3.71. The summed E-state index contributed by atoms with van der Waals surface area (Å²) in [5.41, 5.74) is 8.87. The fraction of sp³-hybridized carbons (Fsp3) is 0.273. The lowest BCUT2D eigenvalue weighted by Crippen LogP contribution is -2.53. The van der Waals surface area contributed by atoms with E-state index in [1.807, 2.05) is 12.1 Å². The van der Waals surface area contributed by atoms with Gasteiger partial charge in [0.1, 0.15) is 11.5 Å². The monoisotopic (exact) mass is 391 g/mol. The lowest BCUT2D eigenvalue weighted by Gasteiger charge is -2.39. The summed E-state index contributed by atoms with van der Waals surface area (Å²) in [4.78, 5) is 27.6. The second-order valence-electron chi connectivity index (χ2n) is 7.45. The molecule has 7 heteroatoms. The van der Waals surface area contributed by atoms with Crippen molar-refractivity contribution in [3.05, 3.63) is 78.3 Å². The van der Waals surface area contributed by atoms with Crippen LogP contribution in [0.2, 0.25) is 0 Å². The number of rotatable bonds is 4. The number of piperidine rings is 1. The van der Waals surface area contributed by atoms with E-state index in [0.29, 0.717) is 43.7 Å². The molecule has 2 N–H and O–H groups in total.